The van der Waals surface area contributed by atoms with Gasteiger partial charge in [0.15, 0.2) is 0 Å². The zero-order valence-electron chi connectivity index (χ0n) is 7.79. The van der Waals surface area contributed by atoms with Crippen molar-refractivity contribution < 1.29 is 19.4 Å². The van der Waals surface area contributed by atoms with Crippen LogP contribution in [-0.2, 0) is 16.1 Å². The van der Waals surface area contributed by atoms with Crippen LogP contribution in [0.4, 0.5) is 4.79 Å². The molecule has 0 unspecified atom stereocenters. The maximum atomic E-state index is 10.8. The van der Waals surface area contributed by atoms with E-state index in [0.29, 0.717) is 6.21 Å². The fourth-order valence-corrected chi connectivity index (χ4v) is 0.864. The minimum absolute atomic E-state index is 0.0800. The highest BCUT2D eigenvalue weighted by Gasteiger charge is 2.00. The van der Waals surface area contributed by atoms with Crippen molar-refractivity contribution in [3.8, 4) is 0 Å². The third-order valence-electron chi connectivity index (χ3n) is 1.49. The second-order valence-corrected chi connectivity index (χ2v) is 2.64. The molecule has 0 radical (unpaired) electrons. The van der Waals surface area contributed by atoms with Gasteiger partial charge >= 0.3 is 12.1 Å². The first-order valence-corrected chi connectivity index (χ1v) is 4.16. The number of benzene rings is 1. The third kappa shape index (κ3) is 4.56. The predicted octanol–water partition coefficient (Wildman–Crippen LogP) is 1.48. The Balaban J connectivity index is 2.38. The Morgan fingerprint density at radius 1 is 1.33 bits per heavy atom. The fraction of sp³-hybridized carbons (Fsp3) is 0.100. The van der Waals surface area contributed by atoms with Crippen molar-refractivity contribution in [3.05, 3.63) is 35.9 Å². The van der Waals surface area contributed by atoms with Crippen LogP contribution in [0, 0.1) is 0 Å². The molecule has 15 heavy (non-hydrogen) atoms. The molecule has 0 aliphatic heterocycles. The molecule has 0 aliphatic carbocycles. The molecule has 1 amide bonds. The molecule has 0 heterocycles. The number of carbonyl (C=O) groups excluding carboxylic acids is 1. The van der Waals surface area contributed by atoms with E-state index in [9.17, 15) is 9.59 Å². The number of hydrogen-bond donors (Lipinski definition) is 1. The molecule has 1 N–H and O–H groups in total. The van der Waals surface area contributed by atoms with Gasteiger partial charge in [-0.3, -0.25) is 0 Å². The average molecular weight is 207 g/mol. The van der Waals surface area contributed by atoms with Crippen LogP contribution in [0.15, 0.2) is 35.3 Å². The van der Waals surface area contributed by atoms with Crippen LogP contribution in [-0.4, -0.2) is 23.4 Å². The highest BCUT2D eigenvalue weighted by molar-refractivity contribution is 6.23. The summed E-state index contributed by atoms with van der Waals surface area (Å²) in [6.07, 6.45) is -0.422. The van der Waals surface area contributed by atoms with Gasteiger partial charge in [-0.15, -0.1) is 0 Å². The summed E-state index contributed by atoms with van der Waals surface area (Å²) in [6.45, 7) is 0.0800. The lowest BCUT2D eigenvalue weighted by Crippen LogP contribution is -2.03. The molecular weight excluding hydrogens is 198 g/mol. The number of amides is 1. The van der Waals surface area contributed by atoms with E-state index in [1.165, 1.54) is 0 Å². The van der Waals surface area contributed by atoms with Gasteiger partial charge in [-0.2, -0.15) is 4.99 Å². The van der Waals surface area contributed by atoms with Crippen molar-refractivity contribution in [2.75, 3.05) is 0 Å². The van der Waals surface area contributed by atoms with Gasteiger partial charge in [0.05, 0.1) is 0 Å². The Morgan fingerprint density at radius 2 is 2.00 bits per heavy atom. The minimum Gasteiger partial charge on any atom is -0.477 e. The molecule has 5 heteroatoms. The molecule has 0 fully saturated rings. The zero-order valence-corrected chi connectivity index (χ0v) is 7.79. The summed E-state index contributed by atoms with van der Waals surface area (Å²) in [4.78, 5) is 23.9. The second kappa shape index (κ2) is 5.54. The Bertz CT molecular complexity index is 372. The maximum absolute atomic E-state index is 10.8. The van der Waals surface area contributed by atoms with Gasteiger partial charge in [0.25, 0.3) is 0 Å². The number of aliphatic imine (C=N–C) groups is 1. The third-order valence-corrected chi connectivity index (χ3v) is 1.49. The summed E-state index contributed by atoms with van der Waals surface area (Å²) in [5, 5.41) is 8.19. The van der Waals surface area contributed by atoms with Crippen molar-refractivity contribution >= 4 is 18.3 Å². The molecule has 0 spiro atoms. The fourth-order valence-electron chi connectivity index (χ4n) is 0.864. The molecular formula is C10H9NO4. The van der Waals surface area contributed by atoms with Gasteiger partial charge < -0.3 is 9.84 Å². The standard InChI is InChI=1S/C10H9NO4/c12-9(13)6-11-10(14)15-7-8-4-2-1-3-5-8/h1-6H,7H2,(H,12,13)/b11-6+. The van der Waals surface area contributed by atoms with Gasteiger partial charge in [0.1, 0.15) is 12.8 Å². The van der Waals surface area contributed by atoms with Crippen LogP contribution >= 0.6 is 0 Å². The van der Waals surface area contributed by atoms with Gasteiger partial charge in [-0.1, -0.05) is 30.3 Å². The normalized spacial score (nSPS) is 10.1. The summed E-state index contributed by atoms with van der Waals surface area (Å²) in [5.74, 6) is -1.29. The first-order chi connectivity index (χ1) is 7.18. The molecule has 1 aromatic rings. The SMILES string of the molecule is O=C(O)/C=N/C(=O)OCc1ccccc1. The molecule has 0 saturated heterocycles. The molecule has 0 aliphatic rings. The van der Waals surface area contributed by atoms with Crippen molar-refractivity contribution in [1.82, 2.24) is 0 Å². The Hall–Kier alpha value is -2.17. The van der Waals surface area contributed by atoms with E-state index >= 15 is 0 Å². The Morgan fingerprint density at radius 3 is 2.60 bits per heavy atom. The largest absolute Gasteiger partial charge is 0.477 e. The van der Waals surface area contributed by atoms with Crippen molar-refractivity contribution in [3.63, 3.8) is 0 Å². The van der Waals surface area contributed by atoms with Crippen LogP contribution < -0.4 is 0 Å². The van der Waals surface area contributed by atoms with Crippen molar-refractivity contribution in [1.29, 1.82) is 0 Å². The number of carbonyl (C=O) groups is 2. The smallest absolute Gasteiger partial charge is 0.434 e. The van der Waals surface area contributed by atoms with Crippen molar-refractivity contribution in [2.24, 2.45) is 4.99 Å². The van der Waals surface area contributed by atoms with Crippen molar-refractivity contribution in [2.45, 2.75) is 6.61 Å². The molecule has 0 saturated carbocycles. The van der Waals surface area contributed by atoms with Gasteiger partial charge in [0.2, 0.25) is 0 Å². The molecule has 0 aromatic heterocycles. The molecule has 1 rings (SSSR count). The summed E-state index contributed by atoms with van der Waals surface area (Å²) in [6, 6.07) is 9.03. The second-order valence-electron chi connectivity index (χ2n) is 2.64. The quantitative estimate of drug-likeness (QED) is 0.761. The van der Waals surface area contributed by atoms with E-state index < -0.39 is 12.1 Å². The van der Waals surface area contributed by atoms with E-state index in [2.05, 4.69) is 9.73 Å². The van der Waals surface area contributed by atoms with Crippen LogP contribution in [0.2, 0.25) is 0 Å². The van der Waals surface area contributed by atoms with Crippen LogP contribution in [0.3, 0.4) is 0 Å². The molecule has 78 valence electrons. The van der Waals surface area contributed by atoms with E-state index in [-0.39, 0.29) is 6.61 Å². The summed E-state index contributed by atoms with van der Waals surface area (Å²) in [5.41, 5.74) is 0.816. The number of ether oxygens (including phenoxy) is 1. The van der Waals surface area contributed by atoms with Crippen LogP contribution in [0.25, 0.3) is 0 Å². The average Bonchev–Trinajstić information content (AvgIpc) is 2.25. The zero-order chi connectivity index (χ0) is 11.1. The first-order valence-electron chi connectivity index (χ1n) is 4.16. The van der Waals surface area contributed by atoms with E-state index in [1.54, 1.807) is 12.1 Å². The topological polar surface area (TPSA) is 76.0 Å². The molecule has 0 atom stereocenters. The number of nitrogens with zero attached hydrogens (tertiary/aromatic N) is 1. The lowest BCUT2D eigenvalue weighted by Gasteiger charge is -1.99. The van der Waals surface area contributed by atoms with E-state index in [4.69, 9.17) is 5.11 Å². The summed E-state index contributed by atoms with van der Waals surface area (Å²) < 4.78 is 4.68. The van der Waals surface area contributed by atoms with E-state index in [0.717, 1.165) is 5.56 Å². The van der Waals surface area contributed by atoms with Crippen LogP contribution in [0.1, 0.15) is 5.56 Å². The number of hydrogen-bond acceptors (Lipinski definition) is 3. The van der Waals surface area contributed by atoms with E-state index in [1.807, 2.05) is 18.2 Å². The summed E-state index contributed by atoms with van der Waals surface area (Å²) in [7, 11) is 0. The first kappa shape index (κ1) is 10.9. The van der Waals surface area contributed by atoms with Crippen LogP contribution in [0.5, 0.6) is 0 Å². The number of rotatable bonds is 3. The van der Waals surface area contributed by atoms with Gasteiger partial charge in [-0.05, 0) is 5.56 Å². The molecule has 1 aromatic carbocycles. The molecule has 5 nitrogen and oxygen atoms in total. The summed E-state index contributed by atoms with van der Waals surface area (Å²) >= 11 is 0. The van der Waals surface area contributed by atoms with Gasteiger partial charge in [0, 0.05) is 0 Å². The number of carboxylic acids is 1. The molecule has 0 bridgehead atoms. The number of aliphatic carboxylic acids is 1. The monoisotopic (exact) mass is 207 g/mol. The lowest BCUT2D eigenvalue weighted by molar-refractivity contribution is -0.128. The predicted molar refractivity (Wildman–Crippen MR) is 52.8 cm³/mol. The highest BCUT2D eigenvalue weighted by Crippen LogP contribution is 2.00. The Labute approximate surface area is 86.0 Å². The highest BCUT2D eigenvalue weighted by atomic mass is 16.5. The number of carboxylic acid groups (broad SMARTS) is 1. The minimum atomic E-state index is -1.29. The lowest BCUT2D eigenvalue weighted by atomic mass is 10.2. The maximum Gasteiger partial charge on any atom is 0.434 e. The Kier molecular flexibility index (Phi) is 4.03. The van der Waals surface area contributed by atoms with Gasteiger partial charge in [-0.25, -0.2) is 9.59 Å².